The first-order valence-electron chi connectivity index (χ1n) is 12.4. The largest absolute Gasteiger partial charge is 0.180 e. The molecule has 208 valence electrons. The first-order valence-corrected chi connectivity index (χ1v) is 18.3. The molecule has 0 aliphatic carbocycles. The molecular formula is C35H26Br3Cl3. The highest BCUT2D eigenvalue weighted by molar-refractivity contribution is 9.93. The van der Waals surface area contributed by atoms with Crippen molar-refractivity contribution in [1.29, 1.82) is 0 Å². The Morgan fingerprint density at radius 3 is 1.24 bits per heavy atom. The van der Waals surface area contributed by atoms with Gasteiger partial charge in [-0.3, -0.25) is 0 Å². The van der Waals surface area contributed by atoms with Crippen molar-refractivity contribution in [2.45, 2.75) is 18.6 Å². The second-order valence-corrected chi connectivity index (χ2v) is 12.2. The van der Waals surface area contributed by atoms with Gasteiger partial charge in [0.25, 0.3) is 0 Å². The molecule has 0 radical (unpaired) electrons. The number of aryl methyl sites for hydroxylation is 1. The van der Waals surface area contributed by atoms with Gasteiger partial charge in [-0.2, -0.15) is 0 Å². The molecule has 0 heterocycles. The van der Waals surface area contributed by atoms with Gasteiger partial charge in [-0.05, 0) is 83.2 Å². The molecule has 0 aromatic heterocycles. The van der Waals surface area contributed by atoms with Gasteiger partial charge in [0, 0.05) is 32.7 Å². The van der Waals surface area contributed by atoms with Crippen LogP contribution in [-0.2, 0) is 0 Å². The van der Waals surface area contributed by atoms with Crippen molar-refractivity contribution in [2.24, 2.45) is 0 Å². The molecule has 0 spiro atoms. The van der Waals surface area contributed by atoms with E-state index >= 15 is 0 Å². The number of alkyl halides is 3. The molecule has 0 saturated carbocycles. The summed E-state index contributed by atoms with van der Waals surface area (Å²) in [7, 11) is 0. The second-order valence-electron chi connectivity index (χ2n) is 9.39. The fourth-order valence-electron chi connectivity index (χ4n) is 5.58. The van der Waals surface area contributed by atoms with E-state index in [2.05, 4.69) is 160 Å². The topological polar surface area (TPSA) is 0 Å². The van der Waals surface area contributed by atoms with Crippen molar-refractivity contribution in [2.75, 3.05) is 0 Å². The van der Waals surface area contributed by atoms with Crippen LogP contribution in [0.3, 0.4) is 0 Å². The smallest absolute Gasteiger partial charge is 0.0874 e. The standard InChI is InChI=1S/C17H11Br.C16H10.CHCl3.CH4.Br2/c1-10-2-3-11-5-8-14-15(18)9-6-12-4-7-13(10)16(11)17(12)14;1-3-11-7-9-13-5-2-6-14-10-8-12(4-1)15(11)16(13)14;2-1(3)4;;1-2/h2-9H,1H3;1-10H;1H;1H4;. The molecule has 41 heavy (non-hydrogen) atoms. The van der Waals surface area contributed by atoms with Gasteiger partial charge in [-0.25, -0.2) is 0 Å². The maximum absolute atomic E-state index is 4.81. The highest BCUT2D eigenvalue weighted by Gasteiger charge is 2.10. The Hall–Kier alpha value is -1.85. The predicted molar refractivity (Wildman–Crippen MR) is 199 cm³/mol. The normalized spacial score (nSPS) is 10.8. The van der Waals surface area contributed by atoms with E-state index in [4.69, 9.17) is 34.8 Å². The minimum atomic E-state index is -0.750. The maximum Gasteiger partial charge on any atom is 0.180 e. The van der Waals surface area contributed by atoms with E-state index in [0.29, 0.717) is 0 Å². The third kappa shape index (κ3) is 6.42. The molecule has 0 bridgehead atoms. The fourth-order valence-corrected chi connectivity index (χ4v) is 6.04. The summed E-state index contributed by atoms with van der Waals surface area (Å²) in [6.45, 7) is 2.18. The highest BCUT2D eigenvalue weighted by atomic mass is 80.9. The van der Waals surface area contributed by atoms with Crippen molar-refractivity contribution in [3.05, 3.63) is 119 Å². The van der Waals surface area contributed by atoms with Crippen LogP contribution in [0, 0.1) is 6.92 Å². The van der Waals surface area contributed by atoms with Gasteiger partial charge in [0.1, 0.15) is 0 Å². The van der Waals surface area contributed by atoms with Gasteiger partial charge >= 0.3 is 0 Å². The zero-order chi connectivity index (χ0) is 28.4. The fraction of sp³-hybridized carbons (Fsp3) is 0.0857. The lowest BCUT2D eigenvalue weighted by Gasteiger charge is -2.13. The van der Waals surface area contributed by atoms with Gasteiger partial charge in [0.15, 0.2) is 4.30 Å². The van der Waals surface area contributed by atoms with Crippen LogP contribution in [-0.4, -0.2) is 4.30 Å². The molecule has 0 aliphatic rings. The van der Waals surface area contributed by atoms with Crippen molar-refractivity contribution < 1.29 is 0 Å². The molecule has 6 heteroatoms. The minimum absolute atomic E-state index is 0. The summed E-state index contributed by atoms with van der Waals surface area (Å²) in [6, 6.07) is 39.5. The summed E-state index contributed by atoms with van der Waals surface area (Å²) in [5.41, 5.74) is 1.34. The average molecular weight is 793 g/mol. The van der Waals surface area contributed by atoms with Gasteiger partial charge < -0.3 is 0 Å². The molecule has 0 N–H and O–H groups in total. The molecule has 8 rings (SSSR count). The van der Waals surface area contributed by atoms with E-state index in [1.807, 2.05) is 0 Å². The Morgan fingerprint density at radius 1 is 0.463 bits per heavy atom. The van der Waals surface area contributed by atoms with Crippen molar-refractivity contribution in [3.8, 4) is 0 Å². The molecule has 8 aromatic rings. The number of rotatable bonds is 0. The molecular weight excluding hydrogens is 766 g/mol. The Kier molecular flexibility index (Phi) is 11.0. The number of hydrogen-bond acceptors (Lipinski definition) is 0. The van der Waals surface area contributed by atoms with E-state index in [0.717, 1.165) is 0 Å². The number of benzene rings is 8. The van der Waals surface area contributed by atoms with E-state index in [1.54, 1.807) is 0 Å². The Labute approximate surface area is 279 Å². The molecule has 0 atom stereocenters. The average Bonchev–Trinajstić information content (AvgIpc) is 2.98. The lowest BCUT2D eigenvalue weighted by Crippen LogP contribution is -1.86. The van der Waals surface area contributed by atoms with Crippen molar-refractivity contribution in [3.63, 3.8) is 0 Å². The van der Waals surface area contributed by atoms with Crippen LogP contribution in [0.1, 0.15) is 13.0 Å². The molecule has 0 saturated heterocycles. The van der Waals surface area contributed by atoms with E-state index in [9.17, 15) is 0 Å². The second kappa shape index (κ2) is 14.1. The summed E-state index contributed by atoms with van der Waals surface area (Å²) in [5, 5.41) is 16.2. The van der Waals surface area contributed by atoms with Crippen LogP contribution in [0.2, 0.25) is 0 Å². The van der Waals surface area contributed by atoms with Crippen LogP contribution in [0.25, 0.3) is 64.6 Å². The van der Waals surface area contributed by atoms with Crippen molar-refractivity contribution >= 4 is 144 Å². The lowest BCUT2D eigenvalue weighted by atomic mass is 9.92. The summed E-state index contributed by atoms with van der Waals surface area (Å²) >= 11 is 23.6. The van der Waals surface area contributed by atoms with Crippen LogP contribution >= 0.6 is 79.0 Å². The van der Waals surface area contributed by atoms with E-state index < -0.39 is 4.30 Å². The summed E-state index contributed by atoms with van der Waals surface area (Å²) in [5.74, 6) is 0. The van der Waals surface area contributed by atoms with Crippen LogP contribution in [0.15, 0.2) is 114 Å². The lowest BCUT2D eigenvalue weighted by molar-refractivity contribution is 1.55. The molecule has 8 aromatic carbocycles. The zero-order valence-corrected chi connectivity index (χ0v) is 28.3. The third-order valence-corrected chi connectivity index (χ3v) is 7.91. The van der Waals surface area contributed by atoms with Crippen LogP contribution in [0.5, 0.6) is 0 Å². The molecule has 0 fully saturated rings. The third-order valence-electron chi connectivity index (χ3n) is 7.22. The monoisotopic (exact) mass is 788 g/mol. The first kappa shape index (κ1) is 32.1. The summed E-state index contributed by atoms with van der Waals surface area (Å²) in [6.07, 6.45) is 0. The predicted octanol–water partition coefficient (Wildman–Crippen LogP) is 14.6. The Bertz CT molecular complexity index is 1850. The van der Waals surface area contributed by atoms with Gasteiger partial charge in [0.05, 0.1) is 0 Å². The SMILES string of the molecule is BrBr.C.Cc1ccc2ccc3c(Br)ccc4ccc1c2c43.ClC(Cl)Cl.c1cc2ccc3cccc4ccc(c1)c2c34. The highest BCUT2D eigenvalue weighted by Crippen LogP contribution is 2.38. The molecule has 0 amide bonds. The summed E-state index contributed by atoms with van der Waals surface area (Å²) < 4.78 is 0.422. The van der Waals surface area contributed by atoms with Crippen LogP contribution < -0.4 is 0 Å². The van der Waals surface area contributed by atoms with Gasteiger partial charge in [-0.15, -0.1) is 0 Å². The first-order chi connectivity index (χ1) is 19.4. The van der Waals surface area contributed by atoms with Crippen molar-refractivity contribution in [1.82, 2.24) is 0 Å². The molecule has 0 unspecified atom stereocenters. The quantitative estimate of drug-likeness (QED) is 0.106. The van der Waals surface area contributed by atoms with Crippen LogP contribution in [0.4, 0.5) is 0 Å². The number of hydrogen-bond donors (Lipinski definition) is 0. The molecule has 0 aliphatic heterocycles. The zero-order valence-electron chi connectivity index (χ0n) is 21.2. The Balaban J connectivity index is 0.000000157. The van der Waals surface area contributed by atoms with Gasteiger partial charge in [-0.1, -0.05) is 161 Å². The summed E-state index contributed by atoms with van der Waals surface area (Å²) in [4.78, 5) is 0. The minimum Gasteiger partial charge on any atom is -0.0874 e. The molecule has 0 nitrogen and oxygen atoms in total. The van der Waals surface area contributed by atoms with E-state index in [1.165, 1.54) is 74.7 Å². The maximum atomic E-state index is 4.81. The Morgan fingerprint density at radius 2 is 0.780 bits per heavy atom. The van der Waals surface area contributed by atoms with Gasteiger partial charge in [0.2, 0.25) is 0 Å². The van der Waals surface area contributed by atoms with E-state index in [-0.39, 0.29) is 7.43 Å². The number of halogens is 6.